The van der Waals surface area contributed by atoms with Crippen molar-refractivity contribution >= 4 is 26.0 Å². The first-order valence-corrected chi connectivity index (χ1v) is 10.2. The summed E-state index contributed by atoms with van der Waals surface area (Å²) in [5, 5.41) is 29.1. The van der Waals surface area contributed by atoms with Gasteiger partial charge in [0.2, 0.25) is 10.0 Å². The number of aliphatic hydroxyl groups excluding tert-OH is 1. The van der Waals surface area contributed by atoms with Gasteiger partial charge in [0.25, 0.3) is 0 Å². The molecule has 1 aromatic carbocycles. The highest BCUT2D eigenvalue weighted by atomic mass is 79.9. The molecule has 0 aliphatic carbocycles. The van der Waals surface area contributed by atoms with E-state index in [1.807, 2.05) is 0 Å². The lowest BCUT2D eigenvalue weighted by molar-refractivity contribution is -0.0641. The topological polar surface area (TPSA) is 124 Å². The molecule has 0 radical (unpaired) electrons. The largest absolute Gasteiger partial charge is 0.486 e. The van der Waals surface area contributed by atoms with Gasteiger partial charge in [-0.05, 0) is 40.2 Å². The number of aliphatic hydroxyl groups is 2. The number of sulfonamides is 1. The molecule has 1 aliphatic heterocycles. The number of hydrogen-bond donors (Lipinski definition) is 2. The highest BCUT2D eigenvalue weighted by molar-refractivity contribution is 9.10. The van der Waals surface area contributed by atoms with Gasteiger partial charge in [-0.2, -0.15) is 9.57 Å². The fourth-order valence-electron chi connectivity index (χ4n) is 2.80. The minimum Gasteiger partial charge on any atom is -0.486 e. The van der Waals surface area contributed by atoms with E-state index in [0.29, 0.717) is 4.60 Å². The van der Waals surface area contributed by atoms with E-state index in [9.17, 15) is 23.0 Å². The van der Waals surface area contributed by atoms with Crippen LogP contribution in [0.3, 0.4) is 0 Å². The van der Waals surface area contributed by atoms with E-state index in [4.69, 9.17) is 10.00 Å². The molecule has 0 saturated carbocycles. The lowest BCUT2D eigenvalue weighted by Crippen LogP contribution is -2.48. The zero-order valence-electron chi connectivity index (χ0n) is 14.3. The van der Waals surface area contributed by atoms with Crippen molar-refractivity contribution in [1.29, 1.82) is 5.26 Å². The van der Waals surface area contributed by atoms with Crippen LogP contribution in [0.2, 0.25) is 0 Å². The Morgan fingerprint density at radius 3 is 2.75 bits per heavy atom. The number of hydrogen-bond acceptors (Lipinski definition) is 7. The molecule has 1 saturated heterocycles. The highest BCUT2D eigenvalue weighted by Crippen LogP contribution is 2.31. The molecule has 2 aromatic rings. The Balaban J connectivity index is 1.86. The summed E-state index contributed by atoms with van der Waals surface area (Å²) < 4.78 is 46.4. The zero-order chi connectivity index (χ0) is 20.5. The fraction of sp³-hybridized carbons (Fsp3) is 0.294. The third-order valence-corrected chi connectivity index (χ3v) is 6.63. The molecule has 0 spiro atoms. The Hall–Kier alpha value is -2.10. The fourth-order valence-corrected chi connectivity index (χ4v) is 4.48. The standard InChI is InChI=1S/C17H15BrFN3O5S/c18-16-4-3-13(7-21-16)28(25,26)22-8-15(17(24,9-22)10-23)27-12-2-1-11(6-20)14(19)5-12/h1-5,7,15,23-24H,8-10H2/t15?,17-/m1/s1. The van der Waals surface area contributed by atoms with Crippen LogP contribution in [0.1, 0.15) is 5.56 Å². The maximum absolute atomic E-state index is 13.8. The predicted octanol–water partition coefficient (Wildman–Crippen LogP) is 1.03. The average molecular weight is 472 g/mol. The summed E-state index contributed by atoms with van der Waals surface area (Å²) in [7, 11) is -4.00. The Kier molecular flexibility index (Phi) is 5.69. The van der Waals surface area contributed by atoms with E-state index < -0.39 is 40.7 Å². The maximum atomic E-state index is 13.8. The average Bonchev–Trinajstić information content (AvgIpc) is 3.00. The number of nitriles is 1. The lowest BCUT2D eigenvalue weighted by Gasteiger charge is -2.27. The Morgan fingerprint density at radius 2 is 2.18 bits per heavy atom. The third kappa shape index (κ3) is 3.87. The van der Waals surface area contributed by atoms with Crippen LogP contribution in [0.15, 0.2) is 46.0 Å². The van der Waals surface area contributed by atoms with Gasteiger partial charge >= 0.3 is 0 Å². The third-order valence-electron chi connectivity index (χ3n) is 4.37. The van der Waals surface area contributed by atoms with Gasteiger partial charge in [0.05, 0.1) is 18.7 Å². The molecule has 28 heavy (non-hydrogen) atoms. The minimum absolute atomic E-state index is 0.00192. The molecular weight excluding hydrogens is 457 g/mol. The van der Waals surface area contributed by atoms with Crippen LogP contribution in [0.25, 0.3) is 0 Å². The summed E-state index contributed by atoms with van der Waals surface area (Å²) in [5.41, 5.74) is -2.07. The summed E-state index contributed by atoms with van der Waals surface area (Å²) in [5.74, 6) is -0.811. The molecule has 1 aromatic heterocycles. The van der Waals surface area contributed by atoms with Gasteiger partial charge < -0.3 is 14.9 Å². The molecular formula is C17H15BrFN3O5S. The first-order chi connectivity index (χ1) is 13.2. The van der Waals surface area contributed by atoms with Gasteiger partial charge in [-0.25, -0.2) is 17.8 Å². The summed E-state index contributed by atoms with van der Waals surface area (Å²) in [6.45, 7) is -1.44. The van der Waals surface area contributed by atoms with Gasteiger partial charge in [0.15, 0.2) is 0 Å². The molecule has 1 fully saturated rings. The number of β-amino-alcohol motifs (C(OH)–C–C–N with tert-alkyl or cyclic N) is 1. The van der Waals surface area contributed by atoms with Crippen molar-refractivity contribution in [2.75, 3.05) is 19.7 Å². The van der Waals surface area contributed by atoms with Crippen LogP contribution in [-0.2, 0) is 10.0 Å². The Bertz CT molecular complexity index is 1030. The van der Waals surface area contributed by atoms with Gasteiger partial charge in [-0.1, -0.05) is 0 Å². The number of halogens is 2. The van der Waals surface area contributed by atoms with Crippen LogP contribution < -0.4 is 4.74 Å². The van der Waals surface area contributed by atoms with E-state index in [-0.39, 0.29) is 22.8 Å². The van der Waals surface area contributed by atoms with Crippen molar-refractivity contribution in [2.24, 2.45) is 0 Å². The monoisotopic (exact) mass is 471 g/mol. The first-order valence-electron chi connectivity index (χ1n) is 8.01. The molecule has 0 amide bonds. The Labute approximate surface area is 169 Å². The van der Waals surface area contributed by atoms with E-state index in [0.717, 1.165) is 10.4 Å². The van der Waals surface area contributed by atoms with E-state index in [1.165, 1.54) is 30.5 Å². The number of rotatable bonds is 5. The molecule has 1 aliphatic rings. The normalized spacial score (nSPS) is 22.8. The quantitative estimate of drug-likeness (QED) is 0.623. The second-order valence-corrected chi connectivity index (χ2v) is 8.99. The molecule has 2 heterocycles. The van der Waals surface area contributed by atoms with Crippen molar-refractivity contribution in [3.8, 4) is 11.8 Å². The van der Waals surface area contributed by atoms with Gasteiger partial charge in [0.1, 0.15) is 38.8 Å². The molecule has 8 nitrogen and oxygen atoms in total. The van der Waals surface area contributed by atoms with Crippen LogP contribution in [-0.4, -0.2) is 59.3 Å². The second kappa shape index (κ2) is 7.73. The van der Waals surface area contributed by atoms with Crippen LogP contribution in [0.4, 0.5) is 4.39 Å². The Morgan fingerprint density at radius 1 is 1.43 bits per heavy atom. The molecule has 2 N–H and O–H groups in total. The zero-order valence-corrected chi connectivity index (χ0v) is 16.7. The number of aromatic nitrogens is 1. The number of benzene rings is 1. The molecule has 3 rings (SSSR count). The van der Waals surface area contributed by atoms with Gasteiger partial charge in [0, 0.05) is 18.8 Å². The van der Waals surface area contributed by atoms with Crippen molar-refractivity contribution < 1.29 is 27.8 Å². The summed E-state index contributed by atoms with van der Waals surface area (Å²) >= 11 is 3.12. The van der Waals surface area contributed by atoms with Crippen molar-refractivity contribution in [2.45, 2.75) is 16.6 Å². The smallest absolute Gasteiger partial charge is 0.244 e. The second-order valence-electron chi connectivity index (χ2n) is 6.24. The van der Waals surface area contributed by atoms with E-state index in [2.05, 4.69) is 20.9 Å². The number of nitrogens with zero attached hydrogens (tertiary/aromatic N) is 3. The number of ether oxygens (including phenoxy) is 1. The molecule has 11 heteroatoms. The number of pyridine rings is 1. The summed E-state index contributed by atoms with van der Waals surface area (Å²) in [6.07, 6.45) is 0.0183. The SMILES string of the molecule is N#Cc1ccc(OC2CN(S(=O)(=O)c3ccc(Br)nc3)C[C@@]2(O)CO)cc1F. The van der Waals surface area contributed by atoms with Crippen LogP contribution >= 0.6 is 15.9 Å². The van der Waals surface area contributed by atoms with Crippen molar-refractivity contribution in [1.82, 2.24) is 9.29 Å². The highest BCUT2D eigenvalue weighted by Gasteiger charge is 2.50. The van der Waals surface area contributed by atoms with Crippen molar-refractivity contribution in [3.63, 3.8) is 0 Å². The summed E-state index contributed by atoms with van der Waals surface area (Å²) in [6, 6.07) is 8.00. The molecule has 1 unspecified atom stereocenters. The maximum Gasteiger partial charge on any atom is 0.244 e. The van der Waals surface area contributed by atoms with Crippen LogP contribution in [0.5, 0.6) is 5.75 Å². The van der Waals surface area contributed by atoms with Gasteiger partial charge in [-0.3, -0.25) is 0 Å². The van der Waals surface area contributed by atoms with Crippen molar-refractivity contribution in [3.05, 3.63) is 52.5 Å². The molecule has 0 bridgehead atoms. The van der Waals surface area contributed by atoms with Gasteiger partial charge in [-0.15, -0.1) is 0 Å². The van der Waals surface area contributed by atoms with Crippen LogP contribution in [0, 0.1) is 17.1 Å². The minimum atomic E-state index is -4.00. The van der Waals surface area contributed by atoms with E-state index in [1.54, 1.807) is 6.07 Å². The first kappa shape index (κ1) is 20.6. The lowest BCUT2D eigenvalue weighted by atomic mass is 10.0. The van der Waals surface area contributed by atoms with E-state index >= 15 is 0 Å². The molecule has 2 atom stereocenters. The molecule has 148 valence electrons. The predicted molar refractivity (Wildman–Crippen MR) is 98.3 cm³/mol. The summed E-state index contributed by atoms with van der Waals surface area (Å²) in [4.78, 5) is 3.80.